The molecule has 2 aliphatic carbocycles. The molecule has 3 atom stereocenters. The van der Waals surface area contributed by atoms with E-state index in [0.29, 0.717) is 23.3 Å². The monoisotopic (exact) mass is 275 g/mol. The number of rotatable bonds is 5. The average molecular weight is 275 g/mol. The summed E-state index contributed by atoms with van der Waals surface area (Å²) in [6.45, 7) is 5.08. The molecule has 2 N–H and O–H groups in total. The molecule has 3 heteroatoms. The van der Waals surface area contributed by atoms with E-state index in [1.807, 2.05) is 12.1 Å². The van der Waals surface area contributed by atoms with E-state index < -0.39 is 0 Å². The molecule has 0 radical (unpaired) electrons. The highest BCUT2D eigenvalue weighted by molar-refractivity contribution is 5.29. The smallest absolute Gasteiger partial charge is 0.115 e. The molecule has 2 fully saturated rings. The van der Waals surface area contributed by atoms with Crippen molar-refractivity contribution < 1.29 is 9.84 Å². The number of hydrogen-bond donors (Lipinski definition) is 2. The normalized spacial score (nSPS) is 28.7. The molecule has 0 saturated heterocycles. The van der Waals surface area contributed by atoms with Crippen molar-refractivity contribution in [2.45, 2.75) is 57.7 Å². The third-order valence-electron chi connectivity index (χ3n) is 5.26. The van der Waals surface area contributed by atoms with E-state index in [4.69, 9.17) is 4.74 Å². The Hall–Kier alpha value is -1.06. The first-order chi connectivity index (χ1) is 9.65. The lowest BCUT2D eigenvalue weighted by Gasteiger charge is -2.61. The molecule has 0 bridgehead atoms. The van der Waals surface area contributed by atoms with Crippen LogP contribution in [0.1, 0.15) is 51.1 Å². The fraction of sp³-hybridized carbons (Fsp3) is 0.647. The highest BCUT2D eigenvalue weighted by Gasteiger charge is 2.58. The van der Waals surface area contributed by atoms with Crippen LogP contribution in [0.5, 0.6) is 5.75 Å². The molecule has 0 amide bonds. The largest absolute Gasteiger partial charge is 0.508 e. The van der Waals surface area contributed by atoms with E-state index in [0.717, 1.165) is 18.6 Å². The number of phenols is 1. The van der Waals surface area contributed by atoms with Crippen LogP contribution >= 0.6 is 0 Å². The van der Waals surface area contributed by atoms with E-state index in [2.05, 4.69) is 25.2 Å². The van der Waals surface area contributed by atoms with Gasteiger partial charge < -0.3 is 15.2 Å². The summed E-state index contributed by atoms with van der Waals surface area (Å²) in [6, 6.07) is 8.38. The lowest BCUT2D eigenvalue weighted by atomic mass is 9.51. The topological polar surface area (TPSA) is 41.5 Å². The predicted molar refractivity (Wildman–Crippen MR) is 79.8 cm³/mol. The van der Waals surface area contributed by atoms with Crippen LogP contribution in [0.2, 0.25) is 0 Å². The van der Waals surface area contributed by atoms with E-state index in [9.17, 15) is 5.11 Å². The quantitative estimate of drug-likeness (QED) is 0.865. The Labute approximate surface area is 121 Å². The Kier molecular flexibility index (Phi) is 3.74. The van der Waals surface area contributed by atoms with Gasteiger partial charge in [-0.15, -0.1) is 0 Å². The lowest BCUT2D eigenvalue weighted by molar-refractivity contribution is -0.174. The maximum absolute atomic E-state index is 9.59. The molecule has 0 aromatic heterocycles. The van der Waals surface area contributed by atoms with Crippen molar-refractivity contribution in [1.82, 2.24) is 5.32 Å². The molecule has 1 spiro atoms. The molecule has 1 aromatic rings. The van der Waals surface area contributed by atoms with Gasteiger partial charge in [0.1, 0.15) is 5.75 Å². The van der Waals surface area contributed by atoms with E-state index in [1.54, 1.807) is 6.07 Å². The number of aromatic hydroxyl groups is 1. The maximum Gasteiger partial charge on any atom is 0.115 e. The van der Waals surface area contributed by atoms with Crippen LogP contribution in [-0.4, -0.2) is 23.9 Å². The Bertz CT molecular complexity index is 470. The van der Waals surface area contributed by atoms with Crippen molar-refractivity contribution in [3.05, 3.63) is 29.8 Å². The zero-order valence-electron chi connectivity index (χ0n) is 12.4. The van der Waals surface area contributed by atoms with Crippen LogP contribution in [0.15, 0.2) is 24.3 Å². The van der Waals surface area contributed by atoms with Crippen molar-refractivity contribution in [3.8, 4) is 5.75 Å². The molecule has 20 heavy (non-hydrogen) atoms. The molecule has 110 valence electrons. The number of phenolic OH excluding ortho intramolecular Hbond substituents is 1. The first-order valence-corrected chi connectivity index (χ1v) is 7.82. The Morgan fingerprint density at radius 1 is 1.45 bits per heavy atom. The molecular weight excluding hydrogens is 250 g/mol. The number of nitrogens with one attached hydrogen (secondary N) is 1. The Morgan fingerprint density at radius 2 is 2.25 bits per heavy atom. The second-order valence-electron chi connectivity index (χ2n) is 6.30. The first kappa shape index (κ1) is 13.9. The van der Waals surface area contributed by atoms with Crippen LogP contribution in [0.3, 0.4) is 0 Å². The third kappa shape index (κ3) is 2.23. The van der Waals surface area contributed by atoms with Gasteiger partial charge in [-0.25, -0.2) is 0 Å². The van der Waals surface area contributed by atoms with Crippen LogP contribution in [0.4, 0.5) is 0 Å². The molecular formula is C17H25NO2. The summed E-state index contributed by atoms with van der Waals surface area (Å²) >= 11 is 0. The van der Waals surface area contributed by atoms with Gasteiger partial charge in [-0.1, -0.05) is 18.6 Å². The second-order valence-corrected chi connectivity index (χ2v) is 6.30. The van der Waals surface area contributed by atoms with Gasteiger partial charge in [0.15, 0.2) is 0 Å². The highest BCUT2D eigenvalue weighted by atomic mass is 16.5. The van der Waals surface area contributed by atoms with Gasteiger partial charge in [0.2, 0.25) is 0 Å². The Morgan fingerprint density at radius 3 is 2.85 bits per heavy atom. The molecule has 2 saturated carbocycles. The Balaban J connectivity index is 1.64. The fourth-order valence-electron chi connectivity index (χ4n) is 3.86. The maximum atomic E-state index is 9.59. The van der Waals surface area contributed by atoms with Crippen molar-refractivity contribution in [2.75, 3.05) is 6.61 Å². The summed E-state index contributed by atoms with van der Waals surface area (Å²) in [6.07, 6.45) is 5.50. The van der Waals surface area contributed by atoms with Crippen molar-refractivity contribution in [1.29, 1.82) is 0 Å². The molecule has 0 aliphatic heterocycles. The van der Waals surface area contributed by atoms with E-state index in [1.165, 1.54) is 19.3 Å². The summed E-state index contributed by atoms with van der Waals surface area (Å²) in [4.78, 5) is 0. The summed E-state index contributed by atoms with van der Waals surface area (Å²) in [7, 11) is 0. The molecule has 3 rings (SSSR count). The van der Waals surface area contributed by atoms with Crippen LogP contribution in [0.25, 0.3) is 0 Å². The zero-order chi connectivity index (χ0) is 14.2. The van der Waals surface area contributed by atoms with Crippen molar-refractivity contribution in [2.24, 2.45) is 5.41 Å². The summed E-state index contributed by atoms with van der Waals surface area (Å²) in [5.74, 6) is 0.343. The SMILES string of the molecule is CCOC1CC(NC(C)c2cccc(O)c2)C12CCC2. The number of benzene rings is 1. The van der Waals surface area contributed by atoms with Gasteiger partial charge in [0.05, 0.1) is 6.10 Å². The summed E-state index contributed by atoms with van der Waals surface area (Å²) in [5, 5.41) is 13.3. The minimum absolute atomic E-state index is 0.271. The van der Waals surface area contributed by atoms with Crippen LogP contribution in [0, 0.1) is 5.41 Å². The highest BCUT2D eigenvalue weighted by Crippen LogP contribution is 2.57. The molecule has 2 aliphatic rings. The fourth-order valence-corrected chi connectivity index (χ4v) is 3.86. The molecule has 3 nitrogen and oxygen atoms in total. The van der Waals surface area contributed by atoms with Gasteiger partial charge in [0.25, 0.3) is 0 Å². The minimum atomic E-state index is 0.271. The molecule has 0 heterocycles. The van der Waals surface area contributed by atoms with Crippen LogP contribution < -0.4 is 5.32 Å². The van der Waals surface area contributed by atoms with Gasteiger partial charge in [-0.2, -0.15) is 0 Å². The zero-order valence-corrected chi connectivity index (χ0v) is 12.4. The molecule has 1 aromatic carbocycles. The standard InChI is InChI=1S/C17H25NO2/c1-3-20-16-11-15(17(16)8-5-9-17)18-12(2)13-6-4-7-14(19)10-13/h4,6-7,10,12,15-16,18-19H,3,5,8-9,11H2,1-2H3. The van der Waals surface area contributed by atoms with Crippen molar-refractivity contribution in [3.63, 3.8) is 0 Å². The van der Waals surface area contributed by atoms with E-state index in [-0.39, 0.29) is 6.04 Å². The third-order valence-corrected chi connectivity index (χ3v) is 5.26. The number of hydrogen-bond acceptors (Lipinski definition) is 3. The van der Waals surface area contributed by atoms with Gasteiger partial charge in [0, 0.05) is 24.1 Å². The predicted octanol–water partition coefficient (Wildman–Crippen LogP) is 3.39. The first-order valence-electron chi connectivity index (χ1n) is 7.82. The van der Waals surface area contributed by atoms with Crippen molar-refractivity contribution >= 4 is 0 Å². The summed E-state index contributed by atoms with van der Waals surface area (Å²) < 4.78 is 5.89. The number of ether oxygens (including phenoxy) is 1. The molecule has 3 unspecified atom stereocenters. The second kappa shape index (κ2) is 5.38. The average Bonchev–Trinajstić information content (AvgIpc) is 2.35. The van der Waals surface area contributed by atoms with Gasteiger partial charge in [-0.3, -0.25) is 0 Å². The lowest BCUT2D eigenvalue weighted by Crippen LogP contribution is -2.67. The van der Waals surface area contributed by atoms with Gasteiger partial charge in [-0.05, 0) is 50.8 Å². The summed E-state index contributed by atoms with van der Waals surface area (Å²) in [5.41, 5.74) is 1.54. The van der Waals surface area contributed by atoms with Gasteiger partial charge >= 0.3 is 0 Å². The van der Waals surface area contributed by atoms with Crippen LogP contribution in [-0.2, 0) is 4.74 Å². The van der Waals surface area contributed by atoms with E-state index >= 15 is 0 Å². The minimum Gasteiger partial charge on any atom is -0.508 e.